The molecule has 134 valence electrons. The molecule has 6 heteroatoms. The van der Waals surface area contributed by atoms with E-state index < -0.39 is 5.41 Å². The Labute approximate surface area is 140 Å². The molecule has 0 saturated carbocycles. The maximum absolute atomic E-state index is 12.0. The van der Waals surface area contributed by atoms with Crippen LogP contribution in [0.1, 0.15) is 40.0 Å². The number of hydrazone groups is 1. The largest absolute Gasteiger partial charge is 0.469 e. The second-order valence-corrected chi connectivity index (χ2v) is 6.52. The predicted octanol–water partition coefficient (Wildman–Crippen LogP) is 2.33. The topological polar surface area (TPSA) is 60.4 Å². The van der Waals surface area contributed by atoms with Crippen LogP contribution in [0.5, 0.6) is 0 Å². The Morgan fingerprint density at radius 1 is 1.39 bits per heavy atom. The maximum atomic E-state index is 12.0. The summed E-state index contributed by atoms with van der Waals surface area (Å²) in [5.74, 6) is -0.151. The normalized spacial score (nSPS) is 20.2. The molecule has 0 aliphatic carbocycles. The van der Waals surface area contributed by atoms with Gasteiger partial charge in [-0.05, 0) is 33.1 Å². The number of nitrogens with zero attached hydrogens (tertiary/aromatic N) is 2. The molecule has 0 radical (unpaired) electrons. The van der Waals surface area contributed by atoms with E-state index in [4.69, 9.17) is 14.2 Å². The van der Waals surface area contributed by atoms with Crippen LogP contribution in [0, 0.1) is 11.3 Å². The third-order valence-electron chi connectivity index (χ3n) is 4.56. The first kappa shape index (κ1) is 19.9. The summed E-state index contributed by atoms with van der Waals surface area (Å²) in [7, 11) is 3.10. The summed E-state index contributed by atoms with van der Waals surface area (Å²) < 4.78 is 15.5. The Balaban J connectivity index is 2.60. The summed E-state index contributed by atoms with van der Waals surface area (Å²) >= 11 is 0. The van der Waals surface area contributed by atoms with Crippen LogP contribution in [0.3, 0.4) is 0 Å². The molecule has 0 aromatic heterocycles. The fourth-order valence-corrected chi connectivity index (χ4v) is 2.89. The van der Waals surface area contributed by atoms with Crippen molar-refractivity contribution in [1.82, 2.24) is 5.01 Å². The molecule has 2 atom stereocenters. The molecule has 1 aliphatic rings. The van der Waals surface area contributed by atoms with Crippen LogP contribution < -0.4 is 0 Å². The minimum absolute atomic E-state index is 0.0469. The Morgan fingerprint density at radius 3 is 2.74 bits per heavy atom. The van der Waals surface area contributed by atoms with E-state index in [1.165, 1.54) is 7.11 Å². The first-order chi connectivity index (χ1) is 11.0. The van der Waals surface area contributed by atoms with E-state index in [9.17, 15) is 4.79 Å². The van der Waals surface area contributed by atoms with E-state index in [-0.39, 0.29) is 11.9 Å². The highest BCUT2D eigenvalue weighted by atomic mass is 16.5. The van der Waals surface area contributed by atoms with Gasteiger partial charge in [0.15, 0.2) is 0 Å². The van der Waals surface area contributed by atoms with Gasteiger partial charge in [0.2, 0.25) is 0 Å². The molecule has 0 bridgehead atoms. The Hall–Kier alpha value is -1.14. The smallest absolute Gasteiger partial charge is 0.311 e. The van der Waals surface area contributed by atoms with Crippen LogP contribution in [0.4, 0.5) is 0 Å². The minimum atomic E-state index is -0.572. The molecule has 6 nitrogen and oxygen atoms in total. The van der Waals surface area contributed by atoms with Crippen LogP contribution in [-0.2, 0) is 19.0 Å². The molecule has 23 heavy (non-hydrogen) atoms. The molecule has 1 fully saturated rings. The van der Waals surface area contributed by atoms with Gasteiger partial charge < -0.3 is 14.2 Å². The Morgan fingerprint density at radius 2 is 2.13 bits per heavy atom. The van der Waals surface area contributed by atoms with Gasteiger partial charge in [0.25, 0.3) is 0 Å². The number of rotatable bonds is 10. The highest BCUT2D eigenvalue weighted by molar-refractivity contribution is 5.81. The lowest BCUT2D eigenvalue weighted by molar-refractivity contribution is -0.152. The van der Waals surface area contributed by atoms with Gasteiger partial charge >= 0.3 is 5.97 Å². The molecule has 0 amide bonds. The van der Waals surface area contributed by atoms with Gasteiger partial charge in [-0.25, -0.2) is 0 Å². The first-order valence-corrected chi connectivity index (χ1v) is 8.43. The average Bonchev–Trinajstić information content (AvgIpc) is 2.98. The van der Waals surface area contributed by atoms with E-state index >= 15 is 0 Å². The van der Waals surface area contributed by atoms with Gasteiger partial charge in [0.05, 0.1) is 38.4 Å². The third kappa shape index (κ3) is 5.77. The molecule has 1 rings (SSSR count). The van der Waals surface area contributed by atoms with E-state index in [1.54, 1.807) is 7.11 Å². The Bertz CT molecular complexity index is 385. The number of carbonyl (C=O) groups excluding carboxylic acids is 1. The highest BCUT2D eigenvalue weighted by Gasteiger charge is 2.36. The van der Waals surface area contributed by atoms with E-state index in [1.807, 2.05) is 20.1 Å². The fourth-order valence-electron chi connectivity index (χ4n) is 2.89. The molecule has 0 aromatic carbocycles. The van der Waals surface area contributed by atoms with Crippen molar-refractivity contribution in [2.45, 2.75) is 46.1 Å². The standard InChI is InChI=1S/C17H32N2O4/c1-6-14(17(2,3)16(20)22-5)12-18-19-9-7-8-15(19)13-23-11-10-21-4/h12,14-15H,6-11,13H2,1-5H3/b18-12+/t14-,15-/m0/s1. The van der Waals surface area contributed by atoms with Crippen molar-refractivity contribution >= 4 is 12.2 Å². The number of methoxy groups -OCH3 is 2. The predicted molar refractivity (Wildman–Crippen MR) is 90.5 cm³/mol. The van der Waals surface area contributed by atoms with Gasteiger partial charge in [0.1, 0.15) is 0 Å². The quantitative estimate of drug-likeness (QED) is 0.350. The number of hydrogen-bond donors (Lipinski definition) is 0. The minimum Gasteiger partial charge on any atom is -0.469 e. The van der Waals surface area contributed by atoms with Crippen molar-refractivity contribution in [3.8, 4) is 0 Å². The summed E-state index contributed by atoms with van der Waals surface area (Å²) in [6.45, 7) is 8.71. The Kier molecular flexibility index (Phi) is 8.55. The zero-order valence-corrected chi connectivity index (χ0v) is 15.2. The van der Waals surface area contributed by atoms with Crippen molar-refractivity contribution in [3.63, 3.8) is 0 Å². The zero-order valence-electron chi connectivity index (χ0n) is 15.2. The van der Waals surface area contributed by atoms with E-state index in [0.29, 0.717) is 25.9 Å². The molecule has 1 saturated heterocycles. The van der Waals surface area contributed by atoms with Crippen molar-refractivity contribution in [3.05, 3.63) is 0 Å². The zero-order chi connectivity index (χ0) is 17.3. The molecule has 1 aliphatic heterocycles. The second-order valence-electron chi connectivity index (χ2n) is 6.52. The highest BCUT2D eigenvalue weighted by Crippen LogP contribution is 2.30. The molecular weight excluding hydrogens is 296 g/mol. The molecule has 0 aromatic rings. The van der Waals surface area contributed by atoms with Gasteiger partial charge in [-0.3, -0.25) is 9.80 Å². The first-order valence-electron chi connectivity index (χ1n) is 8.43. The summed E-state index contributed by atoms with van der Waals surface area (Å²) in [5, 5.41) is 6.73. The van der Waals surface area contributed by atoms with Crippen molar-refractivity contribution in [2.24, 2.45) is 16.4 Å². The lowest BCUT2D eigenvalue weighted by Crippen LogP contribution is -2.36. The van der Waals surface area contributed by atoms with Crippen LogP contribution >= 0.6 is 0 Å². The molecular formula is C17H32N2O4. The third-order valence-corrected chi connectivity index (χ3v) is 4.56. The van der Waals surface area contributed by atoms with E-state index in [2.05, 4.69) is 17.0 Å². The monoisotopic (exact) mass is 328 g/mol. The number of hydrogen-bond acceptors (Lipinski definition) is 6. The lowest BCUT2D eigenvalue weighted by atomic mass is 9.78. The summed E-state index contributed by atoms with van der Waals surface area (Å²) in [4.78, 5) is 12.0. The molecule has 0 unspecified atom stereocenters. The van der Waals surface area contributed by atoms with Crippen LogP contribution in [-0.4, -0.2) is 63.8 Å². The molecule has 1 heterocycles. The fraction of sp³-hybridized carbons (Fsp3) is 0.882. The van der Waals surface area contributed by atoms with Crippen LogP contribution in [0.25, 0.3) is 0 Å². The summed E-state index contributed by atoms with van der Waals surface area (Å²) in [6, 6.07) is 0.307. The number of carbonyl (C=O) groups is 1. The maximum Gasteiger partial charge on any atom is 0.311 e. The van der Waals surface area contributed by atoms with E-state index in [0.717, 1.165) is 25.8 Å². The van der Waals surface area contributed by atoms with Crippen molar-refractivity contribution in [2.75, 3.05) is 40.6 Å². The van der Waals surface area contributed by atoms with Gasteiger partial charge in [-0.1, -0.05) is 6.92 Å². The van der Waals surface area contributed by atoms with Crippen LogP contribution in [0.2, 0.25) is 0 Å². The van der Waals surface area contributed by atoms with Crippen molar-refractivity contribution in [1.29, 1.82) is 0 Å². The average molecular weight is 328 g/mol. The summed E-state index contributed by atoms with van der Waals surface area (Å²) in [6.07, 6.45) is 4.95. The molecule has 0 spiro atoms. The van der Waals surface area contributed by atoms with Gasteiger partial charge in [-0.15, -0.1) is 0 Å². The number of esters is 1. The molecule has 0 N–H and O–H groups in total. The SMILES string of the molecule is CC[C@@H](/C=N/N1CCC[C@H]1COCCOC)C(C)(C)C(=O)OC. The summed E-state index contributed by atoms with van der Waals surface area (Å²) in [5.41, 5.74) is -0.572. The second kappa shape index (κ2) is 9.88. The van der Waals surface area contributed by atoms with Crippen LogP contribution in [0.15, 0.2) is 5.10 Å². The van der Waals surface area contributed by atoms with Gasteiger partial charge in [0, 0.05) is 25.8 Å². The lowest BCUT2D eigenvalue weighted by Gasteiger charge is -2.29. The van der Waals surface area contributed by atoms with Crippen molar-refractivity contribution < 1.29 is 19.0 Å². The van der Waals surface area contributed by atoms with Gasteiger partial charge in [-0.2, -0.15) is 5.10 Å². The number of ether oxygens (including phenoxy) is 3.